The first-order valence-corrected chi connectivity index (χ1v) is 6.91. The van der Waals surface area contributed by atoms with Crippen LogP contribution < -0.4 is 5.32 Å². The van der Waals surface area contributed by atoms with Crippen LogP contribution in [-0.4, -0.2) is 24.0 Å². The average Bonchev–Trinajstić information content (AvgIpc) is 2.41. The number of Topliss-reactive ketones (excluding diaryl/α,β-unsaturated/α-hetero) is 1. The van der Waals surface area contributed by atoms with E-state index in [2.05, 4.69) is 17.2 Å². The smallest absolute Gasteiger partial charge is 0.408 e. The number of nitrogens with one attached hydrogen (secondary N) is 1. The van der Waals surface area contributed by atoms with Crippen LogP contribution in [0.4, 0.5) is 4.79 Å². The number of alkyl carbamates (subject to hydrolysis) is 1. The molecule has 4 nitrogen and oxygen atoms in total. The molecule has 0 fully saturated rings. The molecule has 1 amide bonds. The highest BCUT2D eigenvalue weighted by Gasteiger charge is 2.14. The summed E-state index contributed by atoms with van der Waals surface area (Å²) in [7, 11) is 0. The normalized spacial score (nSPS) is 10.3. The van der Waals surface area contributed by atoms with E-state index in [0.29, 0.717) is 12.0 Å². The largest absolute Gasteiger partial charge is 0.444 e. The highest BCUT2D eigenvalue weighted by atomic mass is 16.6. The van der Waals surface area contributed by atoms with Crippen molar-refractivity contribution in [1.29, 1.82) is 0 Å². The quantitative estimate of drug-likeness (QED) is 0.686. The molecule has 0 bridgehead atoms. The Kier molecular flexibility index (Phi) is 5.98. The molecule has 1 aromatic carbocycles. The van der Waals surface area contributed by atoms with Gasteiger partial charge in [0.25, 0.3) is 0 Å². The lowest BCUT2D eigenvalue weighted by Crippen LogP contribution is -2.32. The van der Waals surface area contributed by atoms with E-state index >= 15 is 0 Å². The Morgan fingerprint density at radius 1 is 1.19 bits per heavy atom. The molecular weight excluding hydrogens is 266 g/mol. The second kappa shape index (κ2) is 7.49. The number of hydrogen-bond acceptors (Lipinski definition) is 3. The van der Waals surface area contributed by atoms with Crippen LogP contribution in [-0.2, 0) is 4.74 Å². The molecule has 4 heteroatoms. The average molecular weight is 287 g/mol. The molecule has 1 N–H and O–H groups in total. The van der Waals surface area contributed by atoms with Gasteiger partial charge in [0.15, 0.2) is 5.78 Å². The van der Waals surface area contributed by atoms with E-state index in [-0.39, 0.29) is 12.3 Å². The topological polar surface area (TPSA) is 55.4 Å². The second-order valence-corrected chi connectivity index (χ2v) is 5.51. The van der Waals surface area contributed by atoms with E-state index in [0.717, 1.165) is 5.56 Å². The molecule has 0 aliphatic heterocycles. The third-order valence-electron chi connectivity index (χ3n) is 2.48. The van der Waals surface area contributed by atoms with E-state index in [1.165, 1.54) is 0 Å². The van der Waals surface area contributed by atoms with Gasteiger partial charge in [-0.25, -0.2) is 4.79 Å². The summed E-state index contributed by atoms with van der Waals surface area (Å²) in [4.78, 5) is 22.9. The van der Waals surface area contributed by atoms with Crippen LogP contribution in [0.2, 0.25) is 0 Å². The van der Waals surface area contributed by atoms with Crippen LogP contribution >= 0.6 is 0 Å². The number of ketones is 1. The summed E-state index contributed by atoms with van der Waals surface area (Å²) in [6.07, 6.45) is 0.00543. The Labute approximate surface area is 125 Å². The molecule has 0 atom stereocenters. The van der Waals surface area contributed by atoms with Gasteiger partial charge in [0.2, 0.25) is 0 Å². The van der Waals surface area contributed by atoms with E-state index in [1.807, 2.05) is 6.92 Å². The van der Waals surface area contributed by atoms with Crippen molar-refractivity contribution in [3.8, 4) is 11.8 Å². The molecule has 0 saturated carbocycles. The van der Waals surface area contributed by atoms with Crippen molar-refractivity contribution < 1.29 is 14.3 Å². The van der Waals surface area contributed by atoms with Crippen molar-refractivity contribution in [3.63, 3.8) is 0 Å². The highest BCUT2D eigenvalue weighted by Crippen LogP contribution is 2.07. The zero-order valence-electron chi connectivity index (χ0n) is 12.9. The minimum atomic E-state index is -0.515. The summed E-state index contributed by atoms with van der Waals surface area (Å²) in [6.45, 7) is 7.45. The number of amides is 1. The van der Waals surface area contributed by atoms with E-state index < -0.39 is 11.7 Å². The van der Waals surface area contributed by atoms with Crippen LogP contribution in [0, 0.1) is 11.8 Å². The Balaban J connectivity index is 2.48. The van der Waals surface area contributed by atoms with Crippen LogP contribution in [0.15, 0.2) is 24.3 Å². The maximum Gasteiger partial charge on any atom is 0.408 e. The van der Waals surface area contributed by atoms with Crippen molar-refractivity contribution in [1.82, 2.24) is 5.32 Å². The number of carbonyl (C=O) groups excluding carboxylic acids is 2. The van der Waals surface area contributed by atoms with Crippen LogP contribution in [0.1, 0.15) is 50.0 Å². The van der Waals surface area contributed by atoms with Crippen LogP contribution in [0.5, 0.6) is 0 Å². The lowest BCUT2D eigenvalue weighted by molar-refractivity contribution is 0.0535. The molecule has 0 heterocycles. The molecule has 0 saturated heterocycles. The first-order valence-electron chi connectivity index (χ1n) is 6.91. The first kappa shape index (κ1) is 16.8. The van der Waals surface area contributed by atoms with Gasteiger partial charge in [0, 0.05) is 17.5 Å². The monoisotopic (exact) mass is 287 g/mol. The zero-order valence-corrected chi connectivity index (χ0v) is 12.9. The maximum absolute atomic E-state index is 11.5. The number of rotatable bonds is 3. The molecule has 112 valence electrons. The Hall–Kier alpha value is -2.28. The van der Waals surface area contributed by atoms with Gasteiger partial charge in [-0.05, 0) is 32.9 Å². The van der Waals surface area contributed by atoms with Crippen LogP contribution in [0.25, 0.3) is 0 Å². The second-order valence-electron chi connectivity index (χ2n) is 5.51. The van der Waals surface area contributed by atoms with Gasteiger partial charge in [-0.2, -0.15) is 0 Å². The van der Waals surface area contributed by atoms with Gasteiger partial charge in [0.1, 0.15) is 5.60 Å². The molecule has 0 radical (unpaired) electrons. The Morgan fingerprint density at radius 2 is 1.81 bits per heavy atom. The molecule has 1 rings (SSSR count). The number of ether oxygens (including phenoxy) is 1. The van der Waals surface area contributed by atoms with Gasteiger partial charge in [-0.1, -0.05) is 30.9 Å². The summed E-state index contributed by atoms with van der Waals surface area (Å²) >= 11 is 0. The summed E-state index contributed by atoms with van der Waals surface area (Å²) in [6, 6.07) is 7.11. The van der Waals surface area contributed by atoms with Gasteiger partial charge in [-0.3, -0.25) is 4.79 Å². The standard InChI is InChI=1S/C17H21NO3/c1-5-15(19)14-10-8-13(9-11-14)7-6-12-18-16(20)21-17(2,3)4/h8-11H,5,12H2,1-4H3,(H,18,20). The van der Waals surface area contributed by atoms with Gasteiger partial charge < -0.3 is 10.1 Å². The molecular formula is C17H21NO3. The zero-order chi connectivity index (χ0) is 15.9. The first-order chi connectivity index (χ1) is 9.81. The fourth-order valence-electron chi connectivity index (χ4n) is 1.52. The van der Waals surface area contributed by atoms with Crippen molar-refractivity contribution in [2.75, 3.05) is 6.54 Å². The van der Waals surface area contributed by atoms with Crippen molar-refractivity contribution in [3.05, 3.63) is 35.4 Å². The van der Waals surface area contributed by atoms with Crippen molar-refractivity contribution in [2.24, 2.45) is 0 Å². The van der Waals surface area contributed by atoms with Gasteiger partial charge in [0.05, 0.1) is 6.54 Å². The minimum absolute atomic E-state index is 0.112. The van der Waals surface area contributed by atoms with E-state index in [1.54, 1.807) is 45.0 Å². The summed E-state index contributed by atoms with van der Waals surface area (Å²) in [5.74, 6) is 5.86. The summed E-state index contributed by atoms with van der Waals surface area (Å²) in [5.41, 5.74) is 0.975. The lowest BCUT2D eigenvalue weighted by atomic mass is 10.1. The van der Waals surface area contributed by atoms with Gasteiger partial charge >= 0.3 is 6.09 Å². The SMILES string of the molecule is CCC(=O)c1ccc(C#CCNC(=O)OC(C)(C)C)cc1. The molecule has 0 unspecified atom stereocenters. The van der Waals surface area contributed by atoms with E-state index in [4.69, 9.17) is 4.74 Å². The number of hydrogen-bond donors (Lipinski definition) is 1. The highest BCUT2D eigenvalue weighted by molar-refractivity contribution is 5.95. The predicted molar refractivity (Wildman–Crippen MR) is 82.2 cm³/mol. The molecule has 0 aliphatic rings. The minimum Gasteiger partial charge on any atom is -0.444 e. The van der Waals surface area contributed by atoms with Crippen molar-refractivity contribution in [2.45, 2.75) is 39.7 Å². The fourth-order valence-corrected chi connectivity index (χ4v) is 1.52. The fraction of sp³-hybridized carbons (Fsp3) is 0.412. The summed E-state index contributed by atoms with van der Waals surface area (Å²) < 4.78 is 5.09. The molecule has 0 spiro atoms. The number of benzene rings is 1. The van der Waals surface area contributed by atoms with E-state index in [9.17, 15) is 9.59 Å². The molecule has 0 aromatic heterocycles. The molecule has 0 aliphatic carbocycles. The van der Waals surface area contributed by atoms with Gasteiger partial charge in [-0.15, -0.1) is 0 Å². The Bertz CT molecular complexity index is 556. The van der Waals surface area contributed by atoms with Crippen molar-refractivity contribution >= 4 is 11.9 Å². The maximum atomic E-state index is 11.5. The van der Waals surface area contributed by atoms with Crippen LogP contribution in [0.3, 0.4) is 0 Å². The summed E-state index contributed by atoms with van der Waals surface area (Å²) in [5, 5.41) is 2.56. The molecule has 1 aromatic rings. The third kappa shape index (κ3) is 6.62. The Morgan fingerprint density at radius 3 is 2.33 bits per heavy atom. The number of carbonyl (C=O) groups is 2. The predicted octanol–water partition coefficient (Wildman–Crippen LogP) is 3.16. The molecule has 21 heavy (non-hydrogen) atoms. The third-order valence-corrected chi connectivity index (χ3v) is 2.48. The lowest BCUT2D eigenvalue weighted by Gasteiger charge is -2.18.